The van der Waals surface area contributed by atoms with Crippen LogP contribution in [0.5, 0.6) is 0 Å². The van der Waals surface area contributed by atoms with E-state index in [9.17, 15) is 9.59 Å². The first-order valence-corrected chi connectivity index (χ1v) is 7.41. The molecule has 122 valence electrons. The Bertz CT molecular complexity index is 648. The van der Waals surface area contributed by atoms with Crippen molar-refractivity contribution in [1.29, 1.82) is 0 Å². The molecule has 0 radical (unpaired) electrons. The van der Waals surface area contributed by atoms with Crippen molar-refractivity contribution in [1.82, 2.24) is 4.90 Å². The number of carbonyl (C=O) groups excluding carboxylic acids is 2. The first kappa shape index (κ1) is 16.8. The Kier molecular flexibility index (Phi) is 5.54. The minimum absolute atomic E-state index is 0.0643. The number of likely N-dealkylation sites (N-methyl/N-ethyl adjacent to an activating group) is 1. The van der Waals surface area contributed by atoms with Gasteiger partial charge in [0.2, 0.25) is 0 Å². The highest BCUT2D eigenvalue weighted by atomic mass is 16.3. The van der Waals surface area contributed by atoms with Crippen molar-refractivity contribution < 1.29 is 18.9 Å². The predicted molar refractivity (Wildman–Crippen MR) is 87.3 cm³/mol. The summed E-state index contributed by atoms with van der Waals surface area (Å²) in [6.45, 7) is 0.982. The van der Waals surface area contributed by atoms with Gasteiger partial charge in [0.05, 0.1) is 13.3 Å². The number of nitrogens with zero attached hydrogens (tertiary/aromatic N) is 1. The van der Waals surface area contributed by atoms with E-state index in [2.05, 4.69) is 5.32 Å². The fourth-order valence-corrected chi connectivity index (χ4v) is 2.21. The number of quaternary nitrogens is 1. The standard InChI is InChI=1S/C17H21N3O3/c1-19(2)17(22)13-6-8-14(9-7-13)18-16(21)12-20(3)11-15-5-4-10-23-15/h4-10H,11-12H2,1-3H3,(H,18,21)/p+1. The van der Waals surface area contributed by atoms with E-state index in [0.717, 1.165) is 10.7 Å². The molecule has 6 nitrogen and oxygen atoms in total. The number of hydrogen-bond donors (Lipinski definition) is 2. The van der Waals surface area contributed by atoms with E-state index >= 15 is 0 Å². The Hall–Kier alpha value is -2.60. The maximum absolute atomic E-state index is 12.0. The zero-order valence-corrected chi connectivity index (χ0v) is 13.6. The smallest absolute Gasteiger partial charge is 0.279 e. The lowest BCUT2D eigenvalue weighted by Crippen LogP contribution is -3.08. The van der Waals surface area contributed by atoms with E-state index in [0.29, 0.717) is 24.3 Å². The van der Waals surface area contributed by atoms with Gasteiger partial charge in [0, 0.05) is 25.3 Å². The second-order valence-electron chi connectivity index (χ2n) is 5.72. The summed E-state index contributed by atoms with van der Waals surface area (Å²) in [7, 11) is 5.34. The summed E-state index contributed by atoms with van der Waals surface area (Å²) in [6.07, 6.45) is 1.62. The monoisotopic (exact) mass is 316 g/mol. The third-order valence-corrected chi connectivity index (χ3v) is 3.34. The molecule has 0 spiro atoms. The Morgan fingerprint density at radius 3 is 2.43 bits per heavy atom. The van der Waals surface area contributed by atoms with Crippen molar-refractivity contribution in [3.05, 3.63) is 54.0 Å². The lowest BCUT2D eigenvalue weighted by molar-refractivity contribution is -0.886. The summed E-state index contributed by atoms with van der Waals surface area (Å²) in [5.41, 5.74) is 1.27. The van der Waals surface area contributed by atoms with Crippen LogP contribution >= 0.6 is 0 Å². The highest BCUT2D eigenvalue weighted by Gasteiger charge is 2.13. The highest BCUT2D eigenvalue weighted by Crippen LogP contribution is 2.10. The molecule has 2 aromatic rings. The number of benzene rings is 1. The van der Waals surface area contributed by atoms with Crippen LogP contribution in [0.1, 0.15) is 16.1 Å². The summed E-state index contributed by atoms with van der Waals surface area (Å²) in [5.74, 6) is 0.702. The Balaban J connectivity index is 1.86. The Labute approximate surface area is 135 Å². The third kappa shape index (κ3) is 4.96. The third-order valence-electron chi connectivity index (χ3n) is 3.34. The summed E-state index contributed by atoms with van der Waals surface area (Å²) >= 11 is 0. The zero-order chi connectivity index (χ0) is 16.8. The van der Waals surface area contributed by atoms with Crippen LogP contribution in [-0.2, 0) is 11.3 Å². The van der Waals surface area contributed by atoms with Gasteiger partial charge < -0.3 is 19.5 Å². The zero-order valence-electron chi connectivity index (χ0n) is 13.6. The lowest BCUT2D eigenvalue weighted by Gasteiger charge is -2.13. The van der Waals surface area contributed by atoms with Gasteiger partial charge in [-0.05, 0) is 36.4 Å². The van der Waals surface area contributed by atoms with Gasteiger partial charge in [-0.2, -0.15) is 0 Å². The van der Waals surface area contributed by atoms with Gasteiger partial charge in [0.1, 0.15) is 6.54 Å². The van der Waals surface area contributed by atoms with Crippen LogP contribution in [0.15, 0.2) is 47.1 Å². The van der Waals surface area contributed by atoms with E-state index in [1.54, 1.807) is 44.6 Å². The van der Waals surface area contributed by atoms with Crippen molar-refractivity contribution in [3.63, 3.8) is 0 Å². The number of hydrogen-bond acceptors (Lipinski definition) is 3. The number of rotatable bonds is 6. The van der Waals surface area contributed by atoms with E-state index in [-0.39, 0.29) is 11.8 Å². The second kappa shape index (κ2) is 7.60. The van der Waals surface area contributed by atoms with Gasteiger partial charge in [-0.25, -0.2) is 0 Å². The SMILES string of the molecule is CN(C)C(=O)c1ccc(NC(=O)C[NH+](C)Cc2ccco2)cc1. The first-order chi connectivity index (χ1) is 11.0. The van der Waals surface area contributed by atoms with Gasteiger partial charge in [-0.3, -0.25) is 9.59 Å². The molecule has 6 heteroatoms. The molecule has 1 atom stereocenters. The molecule has 2 rings (SSSR count). The normalized spacial score (nSPS) is 11.8. The molecule has 0 aliphatic carbocycles. The fraction of sp³-hybridized carbons (Fsp3) is 0.294. The van der Waals surface area contributed by atoms with Gasteiger partial charge >= 0.3 is 0 Å². The van der Waals surface area contributed by atoms with Gasteiger partial charge in [-0.1, -0.05) is 0 Å². The van der Waals surface area contributed by atoms with Gasteiger partial charge in [0.25, 0.3) is 11.8 Å². The molecule has 2 amide bonds. The minimum atomic E-state index is -0.0826. The molecule has 1 unspecified atom stereocenters. The maximum atomic E-state index is 12.0. The van der Waals surface area contributed by atoms with Crippen LogP contribution in [0.4, 0.5) is 5.69 Å². The number of anilines is 1. The summed E-state index contributed by atoms with van der Waals surface area (Å²) < 4.78 is 5.27. The molecule has 0 bridgehead atoms. The van der Waals surface area contributed by atoms with Crippen molar-refractivity contribution in [2.75, 3.05) is 33.0 Å². The van der Waals surface area contributed by atoms with Crippen molar-refractivity contribution in [3.8, 4) is 0 Å². The second-order valence-corrected chi connectivity index (χ2v) is 5.72. The van der Waals surface area contributed by atoms with Crippen LogP contribution in [0.3, 0.4) is 0 Å². The van der Waals surface area contributed by atoms with Crippen LogP contribution in [0, 0.1) is 0 Å². The maximum Gasteiger partial charge on any atom is 0.279 e. The quantitative estimate of drug-likeness (QED) is 0.822. The molecule has 0 fully saturated rings. The predicted octanol–water partition coefficient (Wildman–Crippen LogP) is 0.635. The van der Waals surface area contributed by atoms with Crippen LogP contribution in [0.2, 0.25) is 0 Å². The molecular formula is C17H22N3O3+. The summed E-state index contributed by atoms with van der Waals surface area (Å²) in [4.78, 5) is 26.4. The summed E-state index contributed by atoms with van der Waals surface area (Å²) in [6, 6.07) is 10.6. The lowest BCUT2D eigenvalue weighted by atomic mass is 10.2. The topological polar surface area (TPSA) is 67.0 Å². The van der Waals surface area contributed by atoms with Crippen molar-refractivity contribution in [2.24, 2.45) is 0 Å². The Morgan fingerprint density at radius 2 is 1.87 bits per heavy atom. The molecule has 2 N–H and O–H groups in total. The fourth-order valence-electron chi connectivity index (χ4n) is 2.21. The minimum Gasteiger partial charge on any atom is -0.463 e. The molecule has 23 heavy (non-hydrogen) atoms. The number of nitrogens with one attached hydrogen (secondary N) is 2. The molecule has 1 heterocycles. The van der Waals surface area contributed by atoms with Crippen LogP contribution in [0.25, 0.3) is 0 Å². The van der Waals surface area contributed by atoms with E-state index < -0.39 is 0 Å². The number of carbonyl (C=O) groups is 2. The summed E-state index contributed by atoms with van der Waals surface area (Å²) in [5, 5.41) is 2.83. The largest absolute Gasteiger partial charge is 0.463 e. The van der Waals surface area contributed by atoms with Crippen LogP contribution < -0.4 is 10.2 Å². The first-order valence-electron chi connectivity index (χ1n) is 7.41. The number of amides is 2. The van der Waals surface area contributed by atoms with Crippen LogP contribution in [-0.4, -0.2) is 44.4 Å². The average molecular weight is 316 g/mol. The highest BCUT2D eigenvalue weighted by molar-refractivity contribution is 5.95. The van der Waals surface area contributed by atoms with E-state index in [1.807, 2.05) is 19.2 Å². The molecule has 1 aromatic heterocycles. The Morgan fingerprint density at radius 1 is 1.17 bits per heavy atom. The van der Waals surface area contributed by atoms with Gasteiger partial charge in [-0.15, -0.1) is 0 Å². The van der Waals surface area contributed by atoms with Gasteiger partial charge in [0.15, 0.2) is 12.3 Å². The molecule has 1 aromatic carbocycles. The molecule has 0 saturated heterocycles. The van der Waals surface area contributed by atoms with Crippen molar-refractivity contribution in [2.45, 2.75) is 6.54 Å². The average Bonchev–Trinajstić information content (AvgIpc) is 2.99. The number of furan rings is 1. The van der Waals surface area contributed by atoms with Crippen molar-refractivity contribution >= 4 is 17.5 Å². The molecule has 0 aliphatic heterocycles. The molecule has 0 saturated carbocycles. The van der Waals surface area contributed by atoms with E-state index in [1.165, 1.54) is 4.90 Å². The molecular weight excluding hydrogens is 294 g/mol. The van der Waals surface area contributed by atoms with E-state index in [4.69, 9.17) is 4.42 Å². The molecule has 0 aliphatic rings.